The van der Waals surface area contributed by atoms with Gasteiger partial charge in [-0.1, -0.05) is 0 Å². The van der Waals surface area contributed by atoms with Crippen molar-refractivity contribution in [2.75, 3.05) is 18.4 Å². The minimum Gasteiger partial charge on any atom is -0.352 e. The van der Waals surface area contributed by atoms with Crippen LogP contribution in [0.25, 0.3) is 11.0 Å². The maximum Gasteiger partial charge on any atom is 0.321 e. The van der Waals surface area contributed by atoms with E-state index in [0.717, 1.165) is 23.1 Å². The molecule has 0 saturated carbocycles. The monoisotopic (exact) mass is 301 g/mol. The number of carbonyl (C=O) groups excluding carboxylic acids is 2. The summed E-state index contributed by atoms with van der Waals surface area (Å²) in [4.78, 5) is 29.3. The molecule has 3 amide bonds. The van der Waals surface area contributed by atoms with Crippen LogP contribution in [-0.4, -0.2) is 45.5 Å². The Morgan fingerprint density at radius 2 is 2.18 bits per heavy atom. The second-order valence-electron chi connectivity index (χ2n) is 5.62. The Kier molecular flexibility index (Phi) is 3.70. The highest BCUT2D eigenvalue weighted by Crippen LogP contribution is 2.19. The Morgan fingerprint density at radius 1 is 1.36 bits per heavy atom. The molecule has 2 aromatic rings. The number of anilines is 1. The lowest BCUT2D eigenvalue weighted by Gasteiger charge is -2.17. The number of hydrogen-bond acceptors (Lipinski definition) is 3. The third kappa shape index (κ3) is 2.88. The molecule has 1 aromatic carbocycles. The van der Waals surface area contributed by atoms with Gasteiger partial charge in [-0.15, -0.1) is 0 Å². The third-order valence-electron chi connectivity index (χ3n) is 3.86. The smallest absolute Gasteiger partial charge is 0.321 e. The Hall–Kier alpha value is -2.57. The molecule has 1 aromatic heterocycles. The number of likely N-dealkylation sites (tertiary alicyclic amines) is 1. The first kappa shape index (κ1) is 14.4. The molecule has 1 aliphatic rings. The maximum atomic E-state index is 12.3. The number of nitrogens with one attached hydrogen (secondary N) is 2. The second kappa shape index (κ2) is 5.67. The lowest BCUT2D eigenvalue weighted by Crippen LogP contribution is -2.38. The number of nitrogens with zero attached hydrogens (tertiary/aromatic N) is 3. The number of hydrogen-bond donors (Lipinski definition) is 2. The van der Waals surface area contributed by atoms with Gasteiger partial charge in [-0.25, -0.2) is 9.78 Å². The largest absolute Gasteiger partial charge is 0.352 e. The van der Waals surface area contributed by atoms with E-state index < -0.39 is 0 Å². The molecule has 0 spiro atoms. The van der Waals surface area contributed by atoms with Crippen molar-refractivity contribution >= 4 is 28.7 Å². The van der Waals surface area contributed by atoms with Crippen LogP contribution in [0.3, 0.4) is 0 Å². The van der Waals surface area contributed by atoms with Crippen LogP contribution in [-0.2, 0) is 11.8 Å². The van der Waals surface area contributed by atoms with E-state index in [-0.39, 0.29) is 18.0 Å². The molecular formula is C15H19N5O2. The molecule has 116 valence electrons. The van der Waals surface area contributed by atoms with Crippen molar-refractivity contribution in [2.24, 2.45) is 7.05 Å². The zero-order chi connectivity index (χ0) is 15.7. The van der Waals surface area contributed by atoms with E-state index in [9.17, 15) is 9.59 Å². The average molecular weight is 301 g/mol. The molecule has 1 atom stereocenters. The summed E-state index contributed by atoms with van der Waals surface area (Å²) in [5.41, 5.74) is 2.60. The molecule has 2 heterocycles. The van der Waals surface area contributed by atoms with Crippen LogP contribution in [0.2, 0.25) is 0 Å². The van der Waals surface area contributed by atoms with Gasteiger partial charge in [-0.05, 0) is 24.6 Å². The minimum atomic E-state index is -0.144. The zero-order valence-electron chi connectivity index (χ0n) is 12.7. The molecule has 22 heavy (non-hydrogen) atoms. The van der Waals surface area contributed by atoms with Gasteiger partial charge in [0.05, 0.1) is 17.4 Å². The Balaban J connectivity index is 1.66. The average Bonchev–Trinajstić information content (AvgIpc) is 3.06. The topological polar surface area (TPSA) is 79.3 Å². The van der Waals surface area contributed by atoms with Crippen molar-refractivity contribution in [3.63, 3.8) is 0 Å². The first-order valence-electron chi connectivity index (χ1n) is 7.27. The van der Waals surface area contributed by atoms with Gasteiger partial charge in [0.1, 0.15) is 0 Å². The molecule has 0 bridgehead atoms. The Labute approximate surface area is 128 Å². The maximum absolute atomic E-state index is 12.3. The number of aryl methyl sites for hydroxylation is 1. The van der Waals surface area contributed by atoms with Crippen LogP contribution in [0, 0.1) is 0 Å². The quantitative estimate of drug-likeness (QED) is 0.878. The minimum absolute atomic E-state index is 0.0443. The van der Waals surface area contributed by atoms with Crippen molar-refractivity contribution in [2.45, 2.75) is 19.4 Å². The van der Waals surface area contributed by atoms with Crippen LogP contribution in [0.1, 0.15) is 13.3 Å². The number of benzene rings is 1. The Bertz CT molecular complexity index is 724. The fraction of sp³-hybridized carbons (Fsp3) is 0.400. The lowest BCUT2D eigenvalue weighted by atomic mass is 10.2. The van der Waals surface area contributed by atoms with Gasteiger partial charge < -0.3 is 20.1 Å². The molecule has 1 fully saturated rings. The van der Waals surface area contributed by atoms with E-state index in [4.69, 9.17) is 0 Å². The fourth-order valence-electron chi connectivity index (χ4n) is 2.76. The van der Waals surface area contributed by atoms with Gasteiger partial charge in [-0.3, -0.25) is 4.79 Å². The summed E-state index contributed by atoms with van der Waals surface area (Å²) in [5, 5.41) is 5.75. The van der Waals surface area contributed by atoms with E-state index in [0.29, 0.717) is 13.1 Å². The molecule has 0 aliphatic carbocycles. The standard InChI is InChI=1S/C15H19N5O2/c1-10(21)17-12-5-6-20(8-12)15(22)18-11-3-4-13-14(7-11)19(2)9-16-13/h3-4,7,9,12H,5-6,8H2,1-2H3,(H,17,21)(H,18,22)/t12-/m1/s1. The van der Waals surface area contributed by atoms with Gasteiger partial charge in [0.15, 0.2) is 0 Å². The van der Waals surface area contributed by atoms with Gasteiger partial charge in [0.25, 0.3) is 0 Å². The molecule has 0 unspecified atom stereocenters. The number of amides is 3. The molecule has 7 heteroatoms. The highest BCUT2D eigenvalue weighted by Gasteiger charge is 2.26. The van der Waals surface area contributed by atoms with E-state index in [1.807, 2.05) is 29.8 Å². The van der Waals surface area contributed by atoms with Crippen LogP contribution in [0.15, 0.2) is 24.5 Å². The van der Waals surface area contributed by atoms with Crippen molar-refractivity contribution < 1.29 is 9.59 Å². The van der Waals surface area contributed by atoms with Gasteiger partial charge in [-0.2, -0.15) is 0 Å². The zero-order valence-corrected chi connectivity index (χ0v) is 12.7. The molecule has 3 rings (SSSR count). The van der Waals surface area contributed by atoms with E-state index in [1.54, 1.807) is 11.2 Å². The van der Waals surface area contributed by atoms with Crippen LogP contribution < -0.4 is 10.6 Å². The number of imidazole rings is 1. The first-order chi connectivity index (χ1) is 10.5. The summed E-state index contributed by atoms with van der Waals surface area (Å²) in [6.45, 7) is 2.68. The van der Waals surface area contributed by atoms with E-state index >= 15 is 0 Å². The van der Waals surface area contributed by atoms with Gasteiger partial charge >= 0.3 is 6.03 Å². The van der Waals surface area contributed by atoms with Gasteiger partial charge in [0.2, 0.25) is 5.91 Å². The molecule has 0 radical (unpaired) electrons. The summed E-state index contributed by atoms with van der Waals surface area (Å²) >= 11 is 0. The fourth-order valence-corrected chi connectivity index (χ4v) is 2.76. The summed E-state index contributed by atoms with van der Waals surface area (Å²) in [5.74, 6) is -0.0612. The SMILES string of the molecule is CC(=O)N[C@@H]1CCN(C(=O)Nc2ccc3ncn(C)c3c2)C1. The summed E-state index contributed by atoms with van der Waals surface area (Å²) in [6, 6.07) is 5.53. The normalized spacial score (nSPS) is 17.7. The third-order valence-corrected chi connectivity index (χ3v) is 3.86. The van der Waals surface area contributed by atoms with Crippen molar-refractivity contribution in [3.8, 4) is 0 Å². The second-order valence-corrected chi connectivity index (χ2v) is 5.62. The van der Waals surface area contributed by atoms with Crippen molar-refractivity contribution in [1.82, 2.24) is 19.8 Å². The molecule has 2 N–H and O–H groups in total. The number of urea groups is 1. The predicted octanol–water partition coefficient (Wildman–Crippen LogP) is 1.32. The number of aromatic nitrogens is 2. The molecular weight excluding hydrogens is 282 g/mol. The first-order valence-corrected chi connectivity index (χ1v) is 7.27. The number of rotatable bonds is 2. The lowest BCUT2D eigenvalue weighted by molar-refractivity contribution is -0.119. The molecule has 1 saturated heterocycles. The summed E-state index contributed by atoms with van der Waals surface area (Å²) in [6.07, 6.45) is 2.53. The van der Waals surface area contributed by atoms with Crippen LogP contribution in [0.4, 0.5) is 10.5 Å². The van der Waals surface area contributed by atoms with Crippen molar-refractivity contribution in [3.05, 3.63) is 24.5 Å². The van der Waals surface area contributed by atoms with Crippen molar-refractivity contribution in [1.29, 1.82) is 0 Å². The summed E-state index contributed by atoms with van der Waals surface area (Å²) in [7, 11) is 1.92. The summed E-state index contributed by atoms with van der Waals surface area (Å²) < 4.78 is 1.91. The highest BCUT2D eigenvalue weighted by molar-refractivity contribution is 5.92. The van der Waals surface area contributed by atoms with Crippen LogP contribution in [0.5, 0.6) is 0 Å². The molecule has 7 nitrogen and oxygen atoms in total. The van der Waals surface area contributed by atoms with Crippen LogP contribution >= 0.6 is 0 Å². The number of fused-ring (bicyclic) bond motifs is 1. The van der Waals surface area contributed by atoms with E-state index in [1.165, 1.54) is 6.92 Å². The predicted molar refractivity (Wildman–Crippen MR) is 83.5 cm³/mol. The highest BCUT2D eigenvalue weighted by atomic mass is 16.2. The van der Waals surface area contributed by atoms with E-state index in [2.05, 4.69) is 15.6 Å². The Morgan fingerprint density at radius 3 is 2.95 bits per heavy atom. The number of carbonyl (C=O) groups is 2. The molecule has 1 aliphatic heterocycles. The van der Waals surface area contributed by atoms with Gasteiger partial charge in [0, 0.05) is 38.8 Å².